The minimum Gasteiger partial charge on any atom is -0.378 e. The number of piperazine rings is 1. The van der Waals surface area contributed by atoms with Gasteiger partial charge in [0.25, 0.3) is 0 Å². The Bertz CT molecular complexity index is 895. The zero-order valence-electron chi connectivity index (χ0n) is 18.1. The first-order valence-corrected chi connectivity index (χ1v) is 11.1. The molecule has 4 rings (SSSR count). The lowest BCUT2D eigenvalue weighted by Crippen LogP contribution is -2.53. The molecule has 0 saturated carbocycles. The van der Waals surface area contributed by atoms with Crippen LogP contribution in [0.5, 0.6) is 0 Å². The van der Waals surface area contributed by atoms with Gasteiger partial charge in [0.2, 0.25) is 5.91 Å². The highest BCUT2D eigenvalue weighted by Gasteiger charge is 2.29. The van der Waals surface area contributed by atoms with E-state index >= 15 is 0 Å². The molecule has 2 aliphatic heterocycles. The van der Waals surface area contributed by atoms with Gasteiger partial charge in [-0.05, 0) is 29.8 Å². The normalized spacial score (nSPS) is 17.7. The number of carbonyl (C=O) groups is 2. The molecule has 2 aliphatic rings. The zero-order valence-corrected chi connectivity index (χ0v) is 18.1. The van der Waals surface area contributed by atoms with E-state index in [9.17, 15) is 14.0 Å². The smallest absolute Gasteiger partial charge is 0.317 e. The number of rotatable bonds is 5. The topological polar surface area (TPSA) is 65.1 Å². The van der Waals surface area contributed by atoms with Crippen molar-refractivity contribution in [2.45, 2.75) is 5.92 Å². The van der Waals surface area contributed by atoms with Crippen LogP contribution in [0.25, 0.3) is 0 Å². The van der Waals surface area contributed by atoms with E-state index in [4.69, 9.17) is 4.74 Å². The third kappa shape index (κ3) is 5.37. The average Bonchev–Trinajstić information content (AvgIpc) is 2.86. The SMILES string of the molecule is O=C(NCC(C(=O)N1CCOCC1)c1ccccc1)N1CCN(c2ccc(F)cc2)CC1. The Kier molecular flexibility index (Phi) is 7.21. The number of hydrogen-bond acceptors (Lipinski definition) is 4. The van der Waals surface area contributed by atoms with Gasteiger partial charge in [-0.3, -0.25) is 4.79 Å². The number of hydrogen-bond donors (Lipinski definition) is 1. The lowest BCUT2D eigenvalue weighted by atomic mass is 9.97. The van der Waals surface area contributed by atoms with Gasteiger partial charge in [0, 0.05) is 51.5 Å². The molecule has 1 N–H and O–H groups in total. The molecule has 8 heteroatoms. The number of nitrogens with zero attached hydrogens (tertiary/aromatic N) is 3. The van der Waals surface area contributed by atoms with Gasteiger partial charge in [-0.15, -0.1) is 0 Å². The van der Waals surface area contributed by atoms with Gasteiger partial charge in [-0.25, -0.2) is 9.18 Å². The van der Waals surface area contributed by atoms with Crippen molar-refractivity contribution in [1.82, 2.24) is 15.1 Å². The summed E-state index contributed by atoms with van der Waals surface area (Å²) < 4.78 is 18.5. The predicted molar refractivity (Wildman–Crippen MR) is 120 cm³/mol. The molecule has 2 aromatic carbocycles. The monoisotopic (exact) mass is 440 g/mol. The molecule has 0 aromatic heterocycles. The molecular formula is C24H29FN4O3. The molecular weight excluding hydrogens is 411 g/mol. The van der Waals surface area contributed by atoms with Crippen molar-refractivity contribution in [3.05, 3.63) is 66.0 Å². The molecule has 1 unspecified atom stereocenters. The highest BCUT2D eigenvalue weighted by molar-refractivity contribution is 5.85. The summed E-state index contributed by atoms with van der Waals surface area (Å²) in [5, 5.41) is 2.97. The van der Waals surface area contributed by atoms with Gasteiger partial charge >= 0.3 is 6.03 Å². The summed E-state index contributed by atoms with van der Waals surface area (Å²) in [4.78, 5) is 31.7. The third-order valence-electron chi connectivity index (χ3n) is 6.04. The van der Waals surface area contributed by atoms with Gasteiger partial charge in [-0.1, -0.05) is 30.3 Å². The maximum Gasteiger partial charge on any atom is 0.317 e. The summed E-state index contributed by atoms with van der Waals surface area (Å²) in [7, 11) is 0. The highest BCUT2D eigenvalue weighted by atomic mass is 19.1. The lowest BCUT2D eigenvalue weighted by Gasteiger charge is -2.36. The Balaban J connectivity index is 1.34. The molecule has 0 aliphatic carbocycles. The van der Waals surface area contributed by atoms with Gasteiger partial charge in [0.15, 0.2) is 0 Å². The molecule has 32 heavy (non-hydrogen) atoms. The number of carbonyl (C=O) groups excluding carboxylic acids is 2. The Morgan fingerprint density at radius 1 is 0.875 bits per heavy atom. The van der Waals surface area contributed by atoms with Gasteiger partial charge < -0.3 is 24.8 Å². The summed E-state index contributed by atoms with van der Waals surface area (Å²) >= 11 is 0. The number of urea groups is 1. The number of morpholine rings is 1. The second kappa shape index (κ2) is 10.5. The first-order valence-electron chi connectivity index (χ1n) is 11.1. The maximum atomic E-state index is 13.2. The minimum atomic E-state index is -0.432. The Morgan fingerprint density at radius 2 is 1.53 bits per heavy atom. The van der Waals surface area contributed by atoms with Gasteiger partial charge in [-0.2, -0.15) is 0 Å². The van der Waals surface area contributed by atoms with E-state index in [1.807, 2.05) is 35.2 Å². The third-order valence-corrected chi connectivity index (χ3v) is 6.04. The van der Waals surface area contributed by atoms with E-state index < -0.39 is 5.92 Å². The molecule has 7 nitrogen and oxygen atoms in total. The van der Waals surface area contributed by atoms with Crippen molar-refractivity contribution < 1.29 is 18.7 Å². The van der Waals surface area contributed by atoms with Crippen LogP contribution in [0.1, 0.15) is 11.5 Å². The van der Waals surface area contributed by atoms with E-state index in [1.165, 1.54) is 12.1 Å². The standard InChI is InChI=1S/C24H29FN4O3/c25-20-6-8-21(9-7-20)27-10-12-29(13-11-27)24(31)26-18-22(19-4-2-1-3-5-19)23(30)28-14-16-32-17-15-28/h1-9,22H,10-18H2,(H,26,31). The fourth-order valence-electron chi connectivity index (χ4n) is 4.16. The van der Waals surface area contributed by atoms with Crippen LogP contribution in [0, 0.1) is 5.82 Å². The number of benzene rings is 2. The molecule has 2 saturated heterocycles. The van der Waals surface area contributed by atoms with Crippen LogP contribution in [0.15, 0.2) is 54.6 Å². The molecule has 0 radical (unpaired) electrons. The fourth-order valence-corrected chi connectivity index (χ4v) is 4.16. The van der Waals surface area contributed by atoms with Crippen LogP contribution in [0.3, 0.4) is 0 Å². The Labute approximate surface area is 187 Å². The number of amides is 3. The van der Waals surface area contributed by atoms with Crippen LogP contribution in [-0.4, -0.2) is 80.8 Å². The first-order chi connectivity index (χ1) is 15.6. The van der Waals surface area contributed by atoms with E-state index in [-0.39, 0.29) is 24.3 Å². The molecule has 0 bridgehead atoms. The van der Waals surface area contributed by atoms with Crippen LogP contribution in [0.2, 0.25) is 0 Å². The minimum absolute atomic E-state index is 0.0147. The molecule has 2 fully saturated rings. The number of halogens is 1. The zero-order chi connectivity index (χ0) is 22.3. The number of ether oxygens (including phenoxy) is 1. The van der Waals surface area contributed by atoms with Gasteiger partial charge in [0.1, 0.15) is 5.82 Å². The number of anilines is 1. The van der Waals surface area contributed by atoms with E-state index in [1.54, 1.807) is 17.0 Å². The van der Waals surface area contributed by atoms with Gasteiger partial charge in [0.05, 0.1) is 19.1 Å². The van der Waals surface area contributed by atoms with Crippen molar-refractivity contribution in [2.75, 3.05) is 63.9 Å². The van der Waals surface area contributed by atoms with Crippen LogP contribution >= 0.6 is 0 Å². The summed E-state index contributed by atoms with van der Waals surface area (Å²) in [6.45, 7) is 4.95. The van der Waals surface area contributed by atoms with E-state index in [0.29, 0.717) is 52.5 Å². The summed E-state index contributed by atoms with van der Waals surface area (Å²) in [6, 6.07) is 15.8. The van der Waals surface area contributed by atoms with Crippen molar-refractivity contribution in [2.24, 2.45) is 0 Å². The molecule has 3 amide bonds. The number of nitrogens with one attached hydrogen (secondary N) is 1. The Morgan fingerprint density at radius 3 is 2.19 bits per heavy atom. The second-order valence-corrected chi connectivity index (χ2v) is 8.04. The van der Waals surface area contributed by atoms with Crippen LogP contribution in [0.4, 0.5) is 14.9 Å². The molecule has 170 valence electrons. The first kappa shape index (κ1) is 22.1. The largest absolute Gasteiger partial charge is 0.378 e. The molecule has 0 spiro atoms. The Hall–Kier alpha value is -3.13. The average molecular weight is 441 g/mol. The quantitative estimate of drug-likeness (QED) is 0.775. The lowest BCUT2D eigenvalue weighted by molar-refractivity contribution is -0.136. The molecule has 2 aromatic rings. The molecule has 2 heterocycles. The van der Waals surface area contributed by atoms with E-state index in [2.05, 4.69) is 10.2 Å². The summed E-state index contributed by atoms with van der Waals surface area (Å²) in [6.07, 6.45) is 0. The fraction of sp³-hybridized carbons (Fsp3) is 0.417. The van der Waals surface area contributed by atoms with Crippen LogP contribution < -0.4 is 10.2 Å². The summed E-state index contributed by atoms with van der Waals surface area (Å²) in [5.74, 6) is -0.675. The highest BCUT2D eigenvalue weighted by Crippen LogP contribution is 2.20. The van der Waals surface area contributed by atoms with Crippen molar-refractivity contribution in [1.29, 1.82) is 0 Å². The maximum absolute atomic E-state index is 13.2. The molecule has 1 atom stereocenters. The van der Waals surface area contributed by atoms with Crippen LogP contribution in [-0.2, 0) is 9.53 Å². The van der Waals surface area contributed by atoms with Crippen molar-refractivity contribution in [3.8, 4) is 0 Å². The van der Waals surface area contributed by atoms with E-state index in [0.717, 1.165) is 11.3 Å². The van der Waals surface area contributed by atoms with Crippen molar-refractivity contribution >= 4 is 17.6 Å². The predicted octanol–water partition coefficient (Wildman–Crippen LogP) is 2.30. The summed E-state index contributed by atoms with van der Waals surface area (Å²) in [5.41, 5.74) is 1.84. The van der Waals surface area contributed by atoms with Crippen molar-refractivity contribution in [3.63, 3.8) is 0 Å². The second-order valence-electron chi connectivity index (χ2n) is 8.04.